The molecule has 150 valence electrons. The Morgan fingerprint density at radius 1 is 1.32 bits per heavy atom. The average Bonchev–Trinajstić information content (AvgIpc) is 3.09. The first-order chi connectivity index (χ1) is 13.4. The minimum Gasteiger partial charge on any atom is -0.342 e. The van der Waals surface area contributed by atoms with Gasteiger partial charge >= 0.3 is 0 Å². The number of thioether (sulfide) groups is 1. The molecule has 1 saturated heterocycles. The highest BCUT2D eigenvalue weighted by atomic mass is 32.2. The standard InChI is InChI=1S/C21H27N3O2S2/c1-14-6-7-17(16(3)9-14)18-11-28-21(22-18)23-19(25)12-27-13-20(26)24-8-4-5-15(2)10-24/h6-7,9,11,15H,4-5,8,10,12-13H2,1-3H3,(H,22,23,25). The summed E-state index contributed by atoms with van der Waals surface area (Å²) in [5, 5.41) is 5.40. The topological polar surface area (TPSA) is 62.3 Å². The van der Waals surface area contributed by atoms with Crippen LogP contribution in [-0.4, -0.2) is 46.3 Å². The van der Waals surface area contributed by atoms with E-state index in [2.05, 4.69) is 49.3 Å². The normalized spacial score (nSPS) is 16.8. The molecular formula is C21H27N3O2S2. The zero-order chi connectivity index (χ0) is 20.1. The zero-order valence-corrected chi connectivity index (χ0v) is 18.3. The molecule has 0 saturated carbocycles. The van der Waals surface area contributed by atoms with Crippen molar-refractivity contribution in [3.05, 3.63) is 34.7 Å². The van der Waals surface area contributed by atoms with Crippen LogP contribution in [0.3, 0.4) is 0 Å². The van der Waals surface area contributed by atoms with Gasteiger partial charge in [-0.25, -0.2) is 4.98 Å². The number of hydrogen-bond donors (Lipinski definition) is 1. The lowest BCUT2D eigenvalue weighted by molar-refractivity contribution is -0.130. The highest BCUT2D eigenvalue weighted by Gasteiger charge is 2.21. The predicted octanol–water partition coefficient (Wildman–Crippen LogP) is 4.36. The lowest BCUT2D eigenvalue weighted by Crippen LogP contribution is -2.40. The van der Waals surface area contributed by atoms with Gasteiger partial charge in [-0.15, -0.1) is 23.1 Å². The second-order valence-corrected chi connectivity index (χ2v) is 9.33. The Balaban J connectivity index is 1.46. The Morgan fingerprint density at radius 2 is 2.14 bits per heavy atom. The van der Waals surface area contributed by atoms with E-state index in [0.717, 1.165) is 30.8 Å². The van der Waals surface area contributed by atoms with E-state index in [-0.39, 0.29) is 17.6 Å². The maximum Gasteiger partial charge on any atom is 0.236 e. The van der Waals surface area contributed by atoms with Crippen molar-refractivity contribution in [2.45, 2.75) is 33.6 Å². The lowest BCUT2D eigenvalue weighted by atomic mass is 10.0. The maximum atomic E-state index is 12.3. The number of likely N-dealkylation sites (tertiary alicyclic amines) is 1. The fraction of sp³-hybridized carbons (Fsp3) is 0.476. The van der Waals surface area contributed by atoms with Crippen molar-refractivity contribution >= 4 is 40.0 Å². The molecule has 1 atom stereocenters. The van der Waals surface area contributed by atoms with Gasteiger partial charge in [0.2, 0.25) is 11.8 Å². The van der Waals surface area contributed by atoms with Crippen molar-refractivity contribution in [1.82, 2.24) is 9.88 Å². The molecule has 1 aromatic heterocycles. The van der Waals surface area contributed by atoms with Crippen LogP contribution in [0.25, 0.3) is 11.3 Å². The van der Waals surface area contributed by atoms with E-state index in [1.807, 2.05) is 10.3 Å². The predicted molar refractivity (Wildman–Crippen MR) is 118 cm³/mol. The van der Waals surface area contributed by atoms with Gasteiger partial charge in [0.1, 0.15) is 0 Å². The maximum absolute atomic E-state index is 12.3. The summed E-state index contributed by atoms with van der Waals surface area (Å²) < 4.78 is 0. The monoisotopic (exact) mass is 417 g/mol. The lowest BCUT2D eigenvalue weighted by Gasteiger charge is -2.30. The van der Waals surface area contributed by atoms with E-state index in [1.54, 1.807) is 0 Å². The van der Waals surface area contributed by atoms with E-state index in [1.165, 1.54) is 40.6 Å². The summed E-state index contributed by atoms with van der Waals surface area (Å²) >= 11 is 2.79. The summed E-state index contributed by atoms with van der Waals surface area (Å²) in [6, 6.07) is 6.26. The van der Waals surface area contributed by atoms with Crippen molar-refractivity contribution in [3.8, 4) is 11.3 Å². The van der Waals surface area contributed by atoms with Crippen LogP contribution in [0.4, 0.5) is 5.13 Å². The third kappa shape index (κ3) is 5.58. The largest absolute Gasteiger partial charge is 0.342 e. The Labute approximate surface area is 174 Å². The average molecular weight is 418 g/mol. The molecule has 2 heterocycles. The Morgan fingerprint density at radius 3 is 2.89 bits per heavy atom. The number of thiazole rings is 1. The van der Waals surface area contributed by atoms with Crippen LogP contribution in [0.1, 0.15) is 30.9 Å². The molecule has 1 aromatic carbocycles. The highest BCUT2D eigenvalue weighted by Crippen LogP contribution is 2.28. The van der Waals surface area contributed by atoms with Crippen molar-refractivity contribution in [2.75, 3.05) is 29.9 Å². The number of carbonyl (C=O) groups is 2. The number of carbonyl (C=O) groups excluding carboxylic acids is 2. The van der Waals surface area contributed by atoms with Gasteiger partial charge in [0.05, 0.1) is 17.2 Å². The molecule has 28 heavy (non-hydrogen) atoms. The van der Waals surface area contributed by atoms with Crippen LogP contribution in [0.2, 0.25) is 0 Å². The number of nitrogens with one attached hydrogen (secondary N) is 1. The van der Waals surface area contributed by atoms with Crippen molar-refractivity contribution in [3.63, 3.8) is 0 Å². The molecule has 2 aromatic rings. The van der Waals surface area contributed by atoms with E-state index in [4.69, 9.17) is 0 Å². The number of hydrogen-bond acceptors (Lipinski definition) is 5. The Hall–Kier alpha value is -1.86. The van der Waals surface area contributed by atoms with Crippen LogP contribution in [0.5, 0.6) is 0 Å². The molecule has 5 nitrogen and oxygen atoms in total. The van der Waals surface area contributed by atoms with Crippen LogP contribution in [0.15, 0.2) is 23.6 Å². The molecular weight excluding hydrogens is 390 g/mol. The fourth-order valence-corrected chi connectivity index (χ4v) is 4.89. The van der Waals surface area contributed by atoms with Gasteiger partial charge < -0.3 is 10.2 Å². The highest BCUT2D eigenvalue weighted by molar-refractivity contribution is 8.00. The van der Waals surface area contributed by atoms with Gasteiger partial charge in [-0.2, -0.15) is 0 Å². The molecule has 1 fully saturated rings. The molecule has 2 amide bonds. The van der Waals surface area contributed by atoms with Crippen LogP contribution >= 0.6 is 23.1 Å². The molecule has 7 heteroatoms. The summed E-state index contributed by atoms with van der Waals surface area (Å²) in [4.78, 5) is 30.9. The molecule has 1 unspecified atom stereocenters. The second-order valence-electron chi connectivity index (χ2n) is 7.48. The Kier molecular flexibility index (Phi) is 7.13. The summed E-state index contributed by atoms with van der Waals surface area (Å²) in [6.45, 7) is 8.00. The van der Waals surface area contributed by atoms with Crippen molar-refractivity contribution < 1.29 is 9.59 Å². The molecule has 0 radical (unpaired) electrons. The first kappa shape index (κ1) is 20.9. The first-order valence-electron chi connectivity index (χ1n) is 9.61. The van der Waals surface area contributed by atoms with E-state index in [0.29, 0.717) is 16.8 Å². The van der Waals surface area contributed by atoms with E-state index in [9.17, 15) is 9.59 Å². The van der Waals surface area contributed by atoms with Crippen LogP contribution < -0.4 is 5.32 Å². The van der Waals surface area contributed by atoms with Gasteiger partial charge in [0, 0.05) is 24.0 Å². The van der Waals surface area contributed by atoms with Crippen molar-refractivity contribution in [1.29, 1.82) is 0 Å². The summed E-state index contributed by atoms with van der Waals surface area (Å²) in [7, 11) is 0. The summed E-state index contributed by atoms with van der Waals surface area (Å²) in [5.74, 6) is 1.20. The third-order valence-corrected chi connectivity index (χ3v) is 6.55. The summed E-state index contributed by atoms with van der Waals surface area (Å²) in [6.07, 6.45) is 2.27. The second kappa shape index (κ2) is 9.56. The van der Waals surface area contributed by atoms with E-state index >= 15 is 0 Å². The first-order valence-corrected chi connectivity index (χ1v) is 11.6. The number of piperidine rings is 1. The number of amides is 2. The smallest absolute Gasteiger partial charge is 0.236 e. The molecule has 1 aliphatic rings. The minimum atomic E-state index is -0.119. The molecule has 1 aliphatic heterocycles. The van der Waals surface area contributed by atoms with Gasteiger partial charge in [0.15, 0.2) is 5.13 Å². The van der Waals surface area contributed by atoms with Crippen molar-refractivity contribution in [2.24, 2.45) is 5.92 Å². The molecule has 0 bridgehead atoms. The van der Waals surface area contributed by atoms with Crippen LogP contribution in [0, 0.1) is 19.8 Å². The zero-order valence-electron chi connectivity index (χ0n) is 16.7. The molecule has 3 rings (SSSR count). The minimum absolute atomic E-state index is 0.119. The van der Waals surface area contributed by atoms with E-state index < -0.39 is 0 Å². The quantitative estimate of drug-likeness (QED) is 0.759. The number of benzene rings is 1. The number of anilines is 1. The summed E-state index contributed by atoms with van der Waals surface area (Å²) in [5.41, 5.74) is 4.35. The van der Waals surface area contributed by atoms with Gasteiger partial charge in [0.25, 0.3) is 0 Å². The SMILES string of the molecule is Cc1ccc(-c2csc(NC(=O)CSCC(=O)N3CCCC(C)C3)n2)c(C)c1. The van der Waals surface area contributed by atoms with Crippen LogP contribution in [-0.2, 0) is 9.59 Å². The molecule has 1 N–H and O–H groups in total. The number of rotatable bonds is 6. The third-order valence-electron chi connectivity index (χ3n) is 4.88. The number of nitrogens with zero attached hydrogens (tertiary/aromatic N) is 2. The molecule has 0 spiro atoms. The van der Waals surface area contributed by atoms with Gasteiger partial charge in [-0.05, 0) is 38.2 Å². The number of aromatic nitrogens is 1. The Bertz CT molecular complexity index is 850. The fourth-order valence-electron chi connectivity index (χ4n) is 3.45. The van der Waals surface area contributed by atoms with Gasteiger partial charge in [-0.3, -0.25) is 9.59 Å². The number of aryl methyl sites for hydroxylation is 2. The van der Waals surface area contributed by atoms with Gasteiger partial charge in [-0.1, -0.05) is 30.7 Å². The molecule has 0 aliphatic carbocycles.